The van der Waals surface area contributed by atoms with Crippen LogP contribution in [0.3, 0.4) is 0 Å². The molecule has 1 aliphatic rings. The van der Waals surface area contributed by atoms with Crippen LogP contribution < -0.4 is 10.1 Å². The van der Waals surface area contributed by atoms with Gasteiger partial charge in [-0.05, 0) is 31.9 Å². The smallest absolute Gasteiger partial charge is 0.454 e. The number of hydrogen-bond acceptors (Lipinski definition) is 4. The highest BCUT2D eigenvalue weighted by Crippen LogP contribution is 2.26. The van der Waals surface area contributed by atoms with Gasteiger partial charge in [-0.2, -0.15) is 13.2 Å². The Morgan fingerprint density at radius 1 is 1.36 bits per heavy atom. The molecule has 0 aromatic heterocycles. The summed E-state index contributed by atoms with van der Waals surface area (Å²) in [6.45, 7) is 2.66. The number of ketones is 1. The number of halogens is 3. The normalized spacial score (nSPS) is 17.8. The van der Waals surface area contributed by atoms with Gasteiger partial charge in [0, 0.05) is 18.8 Å². The minimum absolute atomic E-state index is 0.353. The van der Waals surface area contributed by atoms with Crippen molar-refractivity contribution in [3.05, 3.63) is 36.5 Å². The number of rotatable bonds is 6. The predicted octanol–water partition coefficient (Wildman–Crippen LogP) is 3.13. The van der Waals surface area contributed by atoms with Crippen LogP contribution in [0.15, 0.2) is 36.5 Å². The summed E-state index contributed by atoms with van der Waals surface area (Å²) in [5, 5.41) is 2.74. The van der Waals surface area contributed by atoms with Crippen molar-refractivity contribution in [3.8, 4) is 5.75 Å². The topological polar surface area (TPSA) is 58.6 Å². The summed E-state index contributed by atoms with van der Waals surface area (Å²) in [6.07, 6.45) is -2.27. The van der Waals surface area contributed by atoms with Gasteiger partial charge in [0.2, 0.25) is 5.91 Å². The molecule has 0 spiro atoms. The summed E-state index contributed by atoms with van der Waals surface area (Å²) in [7, 11) is 0. The number of amides is 1. The van der Waals surface area contributed by atoms with E-state index >= 15 is 0 Å². The van der Waals surface area contributed by atoms with Crippen molar-refractivity contribution >= 4 is 17.4 Å². The first-order valence-corrected chi connectivity index (χ1v) is 7.90. The van der Waals surface area contributed by atoms with Crippen LogP contribution in [0, 0.1) is 0 Å². The van der Waals surface area contributed by atoms with Gasteiger partial charge in [-0.15, -0.1) is 0 Å². The van der Waals surface area contributed by atoms with Gasteiger partial charge in [0.05, 0.1) is 12.3 Å². The standard InChI is InChI=1S/C17H19F3N2O3/c1-2-25-14-8-4-3-6-12(14)21-16(24)13-7-5-10-22(13)11-9-15(23)17(18,19)20/h3-4,6,8-9,11,13H,2,5,7,10H2,1H3,(H,21,24)/b11-9+. The number of allylic oxidation sites excluding steroid dienone is 1. The number of alkyl halides is 3. The zero-order valence-corrected chi connectivity index (χ0v) is 13.7. The van der Waals surface area contributed by atoms with E-state index in [9.17, 15) is 22.8 Å². The maximum atomic E-state index is 12.5. The van der Waals surface area contributed by atoms with E-state index in [1.807, 2.05) is 6.92 Å². The Morgan fingerprint density at radius 2 is 2.08 bits per heavy atom. The molecular weight excluding hydrogens is 337 g/mol. The Labute approximate surface area is 143 Å². The molecule has 1 atom stereocenters. The van der Waals surface area contributed by atoms with Crippen LogP contribution in [-0.4, -0.2) is 42.0 Å². The average molecular weight is 356 g/mol. The number of ether oxygens (including phenoxy) is 1. The number of nitrogens with zero attached hydrogens (tertiary/aromatic N) is 1. The van der Waals surface area contributed by atoms with E-state index in [-0.39, 0.29) is 5.91 Å². The number of likely N-dealkylation sites (tertiary alicyclic amines) is 1. The highest BCUT2D eigenvalue weighted by atomic mass is 19.4. The van der Waals surface area contributed by atoms with E-state index in [1.165, 1.54) is 4.90 Å². The first-order chi connectivity index (χ1) is 11.8. The molecule has 25 heavy (non-hydrogen) atoms. The molecule has 0 radical (unpaired) electrons. The Balaban J connectivity index is 2.06. The summed E-state index contributed by atoms with van der Waals surface area (Å²) in [5.74, 6) is -1.78. The molecule has 1 heterocycles. The van der Waals surface area contributed by atoms with Crippen molar-refractivity contribution in [2.45, 2.75) is 32.0 Å². The second-order valence-electron chi connectivity index (χ2n) is 5.49. The molecule has 1 aliphatic heterocycles. The lowest BCUT2D eigenvalue weighted by Crippen LogP contribution is -2.37. The second kappa shape index (κ2) is 8.04. The van der Waals surface area contributed by atoms with Crippen molar-refractivity contribution in [2.75, 3.05) is 18.5 Å². The van der Waals surface area contributed by atoms with Crippen LogP contribution >= 0.6 is 0 Å². The summed E-state index contributed by atoms with van der Waals surface area (Å²) < 4.78 is 42.2. The maximum absolute atomic E-state index is 12.5. The van der Waals surface area contributed by atoms with Crippen LogP contribution in [0.4, 0.5) is 18.9 Å². The van der Waals surface area contributed by atoms with Gasteiger partial charge < -0.3 is 15.0 Å². The zero-order valence-electron chi connectivity index (χ0n) is 13.7. The lowest BCUT2D eigenvalue weighted by molar-refractivity contribution is -0.165. The predicted molar refractivity (Wildman–Crippen MR) is 86.2 cm³/mol. The molecule has 1 N–H and O–H groups in total. The van der Waals surface area contributed by atoms with Gasteiger partial charge in [0.15, 0.2) is 0 Å². The minimum atomic E-state index is -4.91. The van der Waals surface area contributed by atoms with Crippen LogP contribution in [0.2, 0.25) is 0 Å². The number of anilines is 1. The first-order valence-electron chi connectivity index (χ1n) is 7.90. The molecule has 136 valence electrons. The summed E-state index contributed by atoms with van der Waals surface area (Å²) in [6, 6.07) is 6.28. The molecular formula is C17H19F3N2O3. The minimum Gasteiger partial charge on any atom is -0.492 e. The van der Waals surface area contributed by atoms with Gasteiger partial charge in [0.25, 0.3) is 5.78 Å². The van der Waals surface area contributed by atoms with Crippen molar-refractivity contribution < 1.29 is 27.5 Å². The van der Waals surface area contributed by atoms with E-state index in [4.69, 9.17) is 4.74 Å². The Hall–Kier alpha value is -2.51. The number of nitrogens with one attached hydrogen (secondary N) is 1. The summed E-state index contributed by atoms with van der Waals surface area (Å²) >= 11 is 0. The third-order valence-corrected chi connectivity index (χ3v) is 3.74. The second-order valence-corrected chi connectivity index (χ2v) is 5.49. The van der Waals surface area contributed by atoms with Crippen LogP contribution in [0.25, 0.3) is 0 Å². The fourth-order valence-corrected chi connectivity index (χ4v) is 2.57. The van der Waals surface area contributed by atoms with E-state index in [1.54, 1.807) is 24.3 Å². The van der Waals surface area contributed by atoms with Crippen molar-refractivity contribution in [1.82, 2.24) is 4.90 Å². The zero-order chi connectivity index (χ0) is 18.4. The Bertz CT molecular complexity index is 659. The quantitative estimate of drug-likeness (QED) is 0.796. The average Bonchev–Trinajstić information content (AvgIpc) is 3.02. The van der Waals surface area contributed by atoms with Crippen molar-refractivity contribution in [2.24, 2.45) is 0 Å². The molecule has 0 aliphatic carbocycles. The number of hydrogen-bond donors (Lipinski definition) is 1. The number of benzene rings is 1. The van der Waals surface area contributed by atoms with Crippen LogP contribution in [0.1, 0.15) is 19.8 Å². The molecule has 1 saturated heterocycles. The lowest BCUT2D eigenvalue weighted by Gasteiger charge is -2.22. The van der Waals surface area contributed by atoms with E-state index in [2.05, 4.69) is 5.32 Å². The van der Waals surface area contributed by atoms with Gasteiger partial charge in [0.1, 0.15) is 11.8 Å². The highest BCUT2D eigenvalue weighted by molar-refractivity contribution is 5.97. The van der Waals surface area contributed by atoms with E-state index in [0.29, 0.717) is 43.5 Å². The molecule has 1 aromatic carbocycles. The van der Waals surface area contributed by atoms with Crippen molar-refractivity contribution in [1.29, 1.82) is 0 Å². The SMILES string of the molecule is CCOc1ccccc1NC(=O)C1CCCN1/C=C/C(=O)C(F)(F)F. The third kappa shape index (κ3) is 4.98. The van der Waals surface area contributed by atoms with Gasteiger partial charge in [-0.1, -0.05) is 12.1 Å². The first kappa shape index (κ1) is 18.8. The summed E-state index contributed by atoms with van der Waals surface area (Å²) in [5.41, 5.74) is 0.497. The molecule has 1 aromatic rings. The van der Waals surface area contributed by atoms with Crippen LogP contribution in [-0.2, 0) is 9.59 Å². The molecule has 8 heteroatoms. The molecule has 1 fully saturated rings. The molecule has 1 unspecified atom stereocenters. The Kier molecular flexibility index (Phi) is 6.06. The Morgan fingerprint density at radius 3 is 2.76 bits per heavy atom. The molecule has 0 bridgehead atoms. The van der Waals surface area contributed by atoms with Gasteiger partial charge in [-0.25, -0.2) is 0 Å². The largest absolute Gasteiger partial charge is 0.492 e. The number of carbonyl (C=O) groups is 2. The monoisotopic (exact) mass is 356 g/mol. The van der Waals surface area contributed by atoms with E-state index < -0.39 is 18.0 Å². The third-order valence-electron chi connectivity index (χ3n) is 3.74. The van der Waals surface area contributed by atoms with Gasteiger partial charge >= 0.3 is 6.18 Å². The molecule has 5 nitrogen and oxygen atoms in total. The lowest BCUT2D eigenvalue weighted by atomic mass is 10.2. The fraction of sp³-hybridized carbons (Fsp3) is 0.412. The van der Waals surface area contributed by atoms with E-state index in [0.717, 1.165) is 6.20 Å². The molecule has 0 saturated carbocycles. The van der Waals surface area contributed by atoms with Gasteiger partial charge in [-0.3, -0.25) is 9.59 Å². The molecule has 2 rings (SSSR count). The van der Waals surface area contributed by atoms with Crippen molar-refractivity contribution in [3.63, 3.8) is 0 Å². The maximum Gasteiger partial charge on any atom is 0.454 e. The van der Waals surface area contributed by atoms with Crippen LogP contribution in [0.5, 0.6) is 5.75 Å². The summed E-state index contributed by atoms with van der Waals surface area (Å²) in [4.78, 5) is 24.9. The highest BCUT2D eigenvalue weighted by Gasteiger charge is 2.37. The number of para-hydroxylation sites is 2. The molecule has 1 amide bonds. The fourth-order valence-electron chi connectivity index (χ4n) is 2.57. The number of carbonyl (C=O) groups excluding carboxylic acids is 2.